The molecule has 0 radical (unpaired) electrons. The smallest absolute Gasteiger partial charge is 0.227 e. The van der Waals surface area contributed by atoms with E-state index in [0.29, 0.717) is 31.0 Å². The van der Waals surface area contributed by atoms with Crippen LogP contribution in [0.15, 0.2) is 28.8 Å². The van der Waals surface area contributed by atoms with Crippen molar-refractivity contribution in [3.05, 3.63) is 36.0 Å². The summed E-state index contributed by atoms with van der Waals surface area (Å²) < 4.78 is 45.5. The number of hydrogen-bond acceptors (Lipinski definition) is 5. The van der Waals surface area contributed by atoms with Gasteiger partial charge in [-0.05, 0) is 43.7 Å². The van der Waals surface area contributed by atoms with E-state index < -0.39 is 15.8 Å². The fraction of sp³-hybridized carbons (Fsp3) is 0.529. The molecule has 2 aromatic rings. The highest BCUT2D eigenvalue weighted by Crippen LogP contribution is 2.33. The molecule has 4 rings (SSSR count). The zero-order chi connectivity index (χ0) is 17.4. The number of hydrogen-bond donors (Lipinski definition) is 0. The second-order valence-corrected chi connectivity index (χ2v) is 9.02. The molecule has 1 atom stereocenters. The van der Waals surface area contributed by atoms with Crippen molar-refractivity contribution in [3.63, 3.8) is 0 Å². The molecule has 1 aromatic carbocycles. The summed E-state index contributed by atoms with van der Waals surface area (Å²) in [4.78, 5) is 4.28. The maximum absolute atomic E-state index is 13.8. The molecule has 1 saturated carbocycles. The quantitative estimate of drug-likeness (QED) is 0.814. The van der Waals surface area contributed by atoms with Crippen LogP contribution in [0.1, 0.15) is 31.6 Å². The van der Waals surface area contributed by atoms with Gasteiger partial charge >= 0.3 is 0 Å². The van der Waals surface area contributed by atoms with Crippen LogP contribution >= 0.6 is 0 Å². The van der Waals surface area contributed by atoms with Gasteiger partial charge in [-0.25, -0.2) is 17.1 Å². The summed E-state index contributed by atoms with van der Waals surface area (Å²) in [5.41, 5.74) is 0.305. The van der Waals surface area contributed by atoms with Crippen LogP contribution in [-0.2, 0) is 16.4 Å². The molecule has 1 aromatic heterocycles. The molecule has 1 aliphatic carbocycles. The maximum Gasteiger partial charge on any atom is 0.227 e. The highest BCUT2D eigenvalue weighted by Gasteiger charge is 2.41. The Bertz CT molecular complexity index is 864. The number of aromatic nitrogens is 2. The summed E-state index contributed by atoms with van der Waals surface area (Å²) in [6.45, 7) is 1.09. The second-order valence-electron chi connectivity index (χ2n) is 6.81. The van der Waals surface area contributed by atoms with Crippen LogP contribution in [-0.4, -0.2) is 41.2 Å². The molecule has 0 unspecified atom stereocenters. The van der Waals surface area contributed by atoms with Crippen LogP contribution in [0.4, 0.5) is 4.39 Å². The Balaban J connectivity index is 1.45. The molecule has 8 heteroatoms. The average molecular weight is 365 g/mol. The molecule has 2 aliphatic rings. The van der Waals surface area contributed by atoms with Gasteiger partial charge in [-0.1, -0.05) is 17.3 Å². The summed E-state index contributed by atoms with van der Waals surface area (Å²) in [5.74, 6) is 0.408. The van der Waals surface area contributed by atoms with Crippen molar-refractivity contribution >= 4 is 10.0 Å². The van der Waals surface area contributed by atoms with Gasteiger partial charge in [0.05, 0.1) is 10.8 Å². The third kappa shape index (κ3) is 3.46. The van der Waals surface area contributed by atoms with Crippen molar-refractivity contribution in [1.29, 1.82) is 0 Å². The van der Waals surface area contributed by atoms with E-state index in [1.807, 2.05) is 0 Å². The number of halogens is 1. The van der Waals surface area contributed by atoms with E-state index in [4.69, 9.17) is 4.52 Å². The normalized spacial score (nSPS) is 22.2. The zero-order valence-corrected chi connectivity index (χ0v) is 14.6. The Kier molecular flexibility index (Phi) is 4.33. The Morgan fingerprint density at radius 2 is 2.04 bits per heavy atom. The van der Waals surface area contributed by atoms with Gasteiger partial charge in [0.1, 0.15) is 5.82 Å². The van der Waals surface area contributed by atoms with E-state index in [0.717, 1.165) is 25.7 Å². The van der Waals surface area contributed by atoms with Crippen molar-refractivity contribution in [2.75, 3.05) is 13.1 Å². The topological polar surface area (TPSA) is 76.3 Å². The Hall–Kier alpha value is -1.80. The minimum atomic E-state index is -3.14. The van der Waals surface area contributed by atoms with Gasteiger partial charge in [-0.3, -0.25) is 0 Å². The first-order chi connectivity index (χ1) is 12.0. The lowest BCUT2D eigenvalue weighted by Crippen LogP contribution is -2.42. The molecule has 0 bridgehead atoms. The lowest BCUT2D eigenvalue weighted by atomic mass is 9.96. The summed E-state index contributed by atoms with van der Waals surface area (Å²) >= 11 is 0. The van der Waals surface area contributed by atoms with Gasteiger partial charge in [-0.2, -0.15) is 4.98 Å². The fourth-order valence-corrected chi connectivity index (χ4v) is 5.29. The molecule has 1 aliphatic heterocycles. The molecule has 6 nitrogen and oxygen atoms in total. The number of benzene rings is 1. The number of piperidine rings is 1. The second kappa shape index (κ2) is 6.49. The third-order valence-corrected chi connectivity index (χ3v) is 7.20. The Morgan fingerprint density at radius 3 is 2.80 bits per heavy atom. The van der Waals surface area contributed by atoms with E-state index in [1.165, 1.54) is 6.07 Å². The first-order valence-electron chi connectivity index (χ1n) is 8.60. The van der Waals surface area contributed by atoms with Crippen molar-refractivity contribution in [2.24, 2.45) is 5.92 Å². The lowest BCUT2D eigenvalue weighted by Gasteiger charge is -2.31. The van der Waals surface area contributed by atoms with Crippen LogP contribution in [0.25, 0.3) is 11.4 Å². The summed E-state index contributed by atoms with van der Waals surface area (Å²) in [6.07, 6.45) is 3.83. The third-order valence-electron chi connectivity index (χ3n) is 4.83. The van der Waals surface area contributed by atoms with Crippen LogP contribution in [0.2, 0.25) is 0 Å². The minimum absolute atomic E-state index is 0.149. The molecule has 25 heavy (non-hydrogen) atoms. The zero-order valence-electron chi connectivity index (χ0n) is 13.8. The van der Waals surface area contributed by atoms with Gasteiger partial charge in [-0.15, -0.1) is 0 Å². The first kappa shape index (κ1) is 16.7. The molecule has 1 saturated heterocycles. The minimum Gasteiger partial charge on any atom is -0.339 e. The molecule has 0 N–H and O–H groups in total. The lowest BCUT2D eigenvalue weighted by molar-refractivity contribution is 0.246. The van der Waals surface area contributed by atoms with Crippen molar-refractivity contribution in [3.8, 4) is 11.4 Å². The molecular weight excluding hydrogens is 345 g/mol. The molecule has 2 heterocycles. The Labute approximate surface area is 146 Å². The molecule has 0 spiro atoms. The van der Waals surface area contributed by atoms with Crippen LogP contribution in [0.3, 0.4) is 0 Å². The number of sulfonamides is 1. The SMILES string of the molecule is O=S(=O)(C1CC1)N1CCC[C@H](Cc2nc(-c3ccccc3F)no2)C1. The Morgan fingerprint density at radius 1 is 1.24 bits per heavy atom. The van der Waals surface area contributed by atoms with E-state index in [1.54, 1.807) is 22.5 Å². The van der Waals surface area contributed by atoms with Gasteiger partial charge in [0.25, 0.3) is 0 Å². The average Bonchev–Trinajstić information content (AvgIpc) is 3.37. The van der Waals surface area contributed by atoms with Gasteiger partial charge < -0.3 is 4.52 Å². The van der Waals surface area contributed by atoms with Crippen molar-refractivity contribution in [2.45, 2.75) is 37.4 Å². The largest absolute Gasteiger partial charge is 0.339 e. The van der Waals surface area contributed by atoms with Crippen LogP contribution in [0.5, 0.6) is 0 Å². The van der Waals surface area contributed by atoms with Crippen LogP contribution in [0, 0.1) is 11.7 Å². The molecule has 2 fully saturated rings. The molecular formula is C17H20FN3O3S. The number of nitrogens with zero attached hydrogens (tertiary/aromatic N) is 3. The predicted octanol–water partition coefficient (Wildman–Crippen LogP) is 2.62. The predicted molar refractivity (Wildman–Crippen MR) is 89.6 cm³/mol. The van der Waals surface area contributed by atoms with Gasteiger partial charge in [0.2, 0.25) is 21.7 Å². The highest BCUT2D eigenvalue weighted by atomic mass is 32.2. The first-order valence-corrected chi connectivity index (χ1v) is 10.1. The van der Waals surface area contributed by atoms with Gasteiger partial charge in [0.15, 0.2) is 0 Å². The fourth-order valence-electron chi connectivity index (χ4n) is 3.34. The van der Waals surface area contributed by atoms with Gasteiger partial charge in [0, 0.05) is 19.5 Å². The monoisotopic (exact) mass is 365 g/mol. The van der Waals surface area contributed by atoms with Crippen LogP contribution < -0.4 is 0 Å². The van der Waals surface area contributed by atoms with Crippen molar-refractivity contribution < 1.29 is 17.3 Å². The highest BCUT2D eigenvalue weighted by molar-refractivity contribution is 7.90. The summed E-state index contributed by atoms with van der Waals surface area (Å²) in [7, 11) is -3.14. The molecule has 134 valence electrons. The maximum atomic E-state index is 13.8. The number of rotatable bonds is 5. The van der Waals surface area contributed by atoms with E-state index >= 15 is 0 Å². The summed E-state index contributed by atoms with van der Waals surface area (Å²) in [6, 6.07) is 6.29. The molecule has 0 amide bonds. The standard InChI is InChI=1S/C17H20FN3O3S/c18-15-6-2-1-5-14(15)17-19-16(24-20-17)10-12-4-3-9-21(11-12)25(22,23)13-7-8-13/h1-2,5-6,12-13H,3-4,7-11H2/t12-/m1/s1. The summed E-state index contributed by atoms with van der Waals surface area (Å²) in [5, 5.41) is 3.68. The van der Waals surface area contributed by atoms with E-state index in [9.17, 15) is 12.8 Å². The van der Waals surface area contributed by atoms with Crippen molar-refractivity contribution in [1.82, 2.24) is 14.4 Å². The van der Waals surface area contributed by atoms with E-state index in [-0.39, 0.29) is 17.0 Å². The van der Waals surface area contributed by atoms with E-state index in [2.05, 4.69) is 10.1 Å².